The van der Waals surface area contributed by atoms with Crippen molar-refractivity contribution in [3.8, 4) is 62.1 Å². The molecule has 0 unspecified atom stereocenters. The Hall–Kier alpha value is -6.98. The van der Waals surface area contributed by atoms with Gasteiger partial charge in [-0.15, -0.1) is 11.8 Å². The van der Waals surface area contributed by atoms with E-state index < -0.39 is 0 Å². The zero-order valence-corrected chi connectivity index (χ0v) is 37.1. The van der Waals surface area contributed by atoms with Crippen LogP contribution in [0.4, 0.5) is 0 Å². The summed E-state index contributed by atoms with van der Waals surface area (Å²) in [7, 11) is 0. The average Bonchev–Trinajstić information content (AvgIpc) is 4.04. The summed E-state index contributed by atoms with van der Waals surface area (Å²) >= 11 is 4.45. The number of fused-ring (bicyclic) bond motifs is 5. The summed E-state index contributed by atoms with van der Waals surface area (Å²) in [6, 6.07) is 71.0. The van der Waals surface area contributed by atoms with E-state index in [2.05, 4.69) is 227 Å². The summed E-state index contributed by atoms with van der Waals surface area (Å²) < 4.78 is 14.8. The topological polar surface area (TPSA) is 36.9 Å². The van der Waals surface area contributed by atoms with Gasteiger partial charge in [0.15, 0.2) is 0 Å². The van der Waals surface area contributed by atoms with E-state index in [1.165, 1.54) is 32.5 Å². The first kappa shape index (κ1) is 37.8. The number of imidazole rings is 1. The fourth-order valence-corrected chi connectivity index (χ4v) is 11.6. The van der Waals surface area contributed by atoms with Crippen LogP contribution in [-0.4, -0.2) is 24.4 Å². The van der Waals surface area contributed by atoms with Gasteiger partial charge in [-0.3, -0.25) is 0 Å². The number of aromatic nitrogens is 4. The molecule has 0 atom stereocenters. The van der Waals surface area contributed by atoms with Crippen molar-refractivity contribution in [2.75, 3.05) is 5.75 Å². The first-order valence-electron chi connectivity index (χ1n) is 21.1. The van der Waals surface area contributed by atoms with E-state index in [0.29, 0.717) is 0 Å². The van der Waals surface area contributed by atoms with Gasteiger partial charge in [-0.25, -0.2) is 0 Å². The fourth-order valence-electron chi connectivity index (χ4n) is 9.26. The van der Waals surface area contributed by atoms with Crippen LogP contribution in [0.1, 0.15) is 5.56 Å². The van der Waals surface area contributed by atoms with Crippen LogP contribution in [0.25, 0.3) is 83.4 Å². The number of hydrogen-bond donors (Lipinski definition) is 0. The van der Waals surface area contributed by atoms with Gasteiger partial charge in [0, 0.05) is 22.4 Å². The van der Waals surface area contributed by atoms with Crippen LogP contribution in [0.15, 0.2) is 211 Å². The number of para-hydroxylation sites is 4. The molecule has 5 nitrogen and oxygen atoms in total. The van der Waals surface area contributed by atoms with Crippen LogP contribution in [0.3, 0.4) is 0 Å². The van der Waals surface area contributed by atoms with E-state index in [1.54, 1.807) is 0 Å². The molecule has 0 saturated heterocycles. The zero-order valence-electron chi connectivity index (χ0n) is 34.0. The molecule has 4 heterocycles. The Morgan fingerprint density at radius 2 is 1.11 bits per heavy atom. The first-order valence-corrected chi connectivity index (χ1v) is 23.3. The molecule has 1 aliphatic rings. The number of pyridine rings is 1. The molecular formula is C56H38N4OPtS. The molecule has 7 heteroatoms. The van der Waals surface area contributed by atoms with Crippen LogP contribution < -0.4 is 4.74 Å². The molecule has 3 aromatic heterocycles. The number of hydrogen-bond acceptors (Lipinski definition) is 3. The number of rotatable bonds is 8. The Labute approximate surface area is 379 Å². The maximum atomic E-state index is 6.79. The molecule has 11 aromatic rings. The SMILES string of the molecule is [Pt]=[c]1n(-c2cccc(Oc3ccc4c5ccccc5n(-c5ccc(-c6cccc7c6SCC7)cn5)c4c3)c2)c2ccccc2n1-c1c(-c2ccccc2)cccc1-c1ccccc1. The average molecular weight is 1010 g/mol. The third kappa shape index (κ3) is 6.52. The maximum absolute atomic E-state index is 6.79. The monoisotopic (exact) mass is 1010 g/mol. The van der Waals surface area contributed by atoms with Gasteiger partial charge in [-0.2, -0.15) is 0 Å². The van der Waals surface area contributed by atoms with Gasteiger partial charge < -0.3 is 0 Å². The van der Waals surface area contributed by atoms with E-state index in [4.69, 9.17) is 9.72 Å². The number of ether oxygens (including phenoxy) is 1. The number of thioether (sulfide) groups is 1. The van der Waals surface area contributed by atoms with E-state index in [1.807, 2.05) is 24.0 Å². The molecule has 304 valence electrons. The summed E-state index contributed by atoms with van der Waals surface area (Å²) in [6.07, 6.45) is 3.15. The van der Waals surface area contributed by atoms with Crippen molar-refractivity contribution in [2.24, 2.45) is 0 Å². The second kappa shape index (κ2) is 15.7. The van der Waals surface area contributed by atoms with Crippen LogP contribution in [0.5, 0.6) is 11.5 Å². The summed E-state index contributed by atoms with van der Waals surface area (Å²) in [5.41, 5.74) is 15.0. The molecule has 0 saturated carbocycles. The van der Waals surface area contributed by atoms with Crippen LogP contribution >= 0.6 is 11.8 Å². The Bertz CT molecular complexity index is 3530. The van der Waals surface area contributed by atoms with Gasteiger partial charge in [-0.05, 0) is 23.6 Å². The van der Waals surface area contributed by atoms with Gasteiger partial charge in [0.25, 0.3) is 0 Å². The molecule has 8 aromatic carbocycles. The van der Waals surface area contributed by atoms with Crippen LogP contribution in [0.2, 0.25) is 0 Å². The number of nitrogens with zero attached hydrogens (tertiary/aromatic N) is 4. The minimum atomic E-state index is 0.750. The molecule has 63 heavy (non-hydrogen) atoms. The van der Waals surface area contributed by atoms with Gasteiger partial charge in [-0.1, -0.05) is 30.3 Å². The Morgan fingerprint density at radius 3 is 1.86 bits per heavy atom. The third-order valence-electron chi connectivity index (χ3n) is 12.1. The minimum absolute atomic E-state index is 0.750. The van der Waals surface area contributed by atoms with E-state index in [9.17, 15) is 0 Å². The molecular weight excluding hydrogens is 972 g/mol. The molecule has 0 fully saturated rings. The van der Waals surface area contributed by atoms with Crippen molar-refractivity contribution in [2.45, 2.75) is 11.3 Å². The Kier molecular flexibility index (Phi) is 9.43. The quantitative estimate of drug-likeness (QED) is 0.152. The second-order valence-electron chi connectivity index (χ2n) is 15.8. The van der Waals surface area contributed by atoms with Gasteiger partial charge in [0.05, 0.1) is 0 Å². The summed E-state index contributed by atoms with van der Waals surface area (Å²) in [4.78, 5) is 6.48. The van der Waals surface area contributed by atoms with Gasteiger partial charge in [0.2, 0.25) is 0 Å². The third-order valence-corrected chi connectivity index (χ3v) is 14.3. The predicted molar refractivity (Wildman–Crippen MR) is 255 cm³/mol. The van der Waals surface area contributed by atoms with E-state index in [-0.39, 0.29) is 0 Å². The van der Waals surface area contributed by atoms with Crippen molar-refractivity contribution in [3.05, 3.63) is 216 Å². The first-order chi connectivity index (χ1) is 31.2. The predicted octanol–water partition coefficient (Wildman–Crippen LogP) is 14.4. The summed E-state index contributed by atoms with van der Waals surface area (Å²) in [5.74, 6) is 3.51. The molecule has 0 radical (unpaired) electrons. The second-order valence-corrected chi connectivity index (χ2v) is 17.9. The van der Waals surface area contributed by atoms with Crippen molar-refractivity contribution in [1.82, 2.24) is 18.7 Å². The normalized spacial score (nSPS) is 12.3. The molecule has 1 aliphatic heterocycles. The molecule has 0 aliphatic carbocycles. The number of benzene rings is 8. The van der Waals surface area contributed by atoms with Crippen molar-refractivity contribution in [1.29, 1.82) is 0 Å². The Morgan fingerprint density at radius 1 is 0.476 bits per heavy atom. The molecule has 0 spiro atoms. The van der Waals surface area contributed by atoms with Gasteiger partial charge in [0.1, 0.15) is 0 Å². The van der Waals surface area contributed by atoms with Crippen molar-refractivity contribution >= 4 is 44.6 Å². The molecule has 12 rings (SSSR count). The van der Waals surface area contributed by atoms with Crippen molar-refractivity contribution < 1.29 is 24.1 Å². The summed E-state index contributed by atoms with van der Waals surface area (Å²) in [5, 5.41) is 2.33. The van der Waals surface area contributed by atoms with Crippen LogP contribution in [-0.2, 0) is 25.8 Å². The van der Waals surface area contributed by atoms with Gasteiger partial charge >= 0.3 is 294 Å². The number of aryl methyl sites for hydroxylation is 1. The van der Waals surface area contributed by atoms with E-state index in [0.717, 1.165) is 88.8 Å². The molecule has 0 bridgehead atoms. The van der Waals surface area contributed by atoms with Crippen LogP contribution in [0, 0.1) is 3.80 Å². The van der Waals surface area contributed by atoms with E-state index >= 15 is 0 Å². The fraction of sp³-hybridized carbons (Fsp3) is 0.0357. The summed E-state index contributed by atoms with van der Waals surface area (Å²) in [6.45, 7) is 0. The van der Waals surface area contributed by atoms with Crippen molar-refractivity contribution in [3.63, 3.8) is 0 Å². The molecule has 0 N–H and O–H groups in total. The Balaban J connectivity index is 0.952. The standard InChI is InChI=1S/C56H38N4OS.Pt/c1-3-14-38(15-4-1)45-22-13-23-46(39-16-5-2-6-17-39)55(45)59-37-58(51-26-9-10-27-52(51)59)42-19-12-20-43(34-42)61-44-29-30-49-48-21-7-8-25-50(48)60(53(49)35-44)54-31-28-41(36-57-54)47-24-11-18-40-32-33-62-56(40)47;/h1-31,34-36H,32-33H2;. The zero-order chi connectivity index (χ0) is 41.9. The molecule has 0 amide bonds.